The molecule has 1 aromatic rings. The van der Waals surface area contributed by atoms with Gasteiger partial charge in [-0.1, -0.05) is 0 Å². The molecule has 0 aliphatic carbocycles. The Morgan fingerprint density at radius 1 is 1.50 bits per heavy atom. The highest BCUT2D eigenvalue weighted by atomic mass is 32.2. The van der Waals surface area contributed by atoms with Crippen LogP contribution in [0, 0.1) is 5.82 Å². The minimum atomic E-state index is -0.565. The molecule has 1 atom stereocenters. The van der Waals surface area contributed by atoms with Crippen molar-refractivity contribution in [2.75, 3.05) is 23.5 Å². The summed E-state index contributed by atoms with van der Waals surface area (Å²) in [7, 11) is 0. The van der Waals surface area contributed by atoms with Gasteiger partial charge in [-0.05, 0) is 50.0 Å². The van der Waals surface area contributed by atoms with Gasteiger partial charge in [0.1, 0.15) is 5.82 Å². The zero-order chi connectivity index (χ0) is 16.1. The summed E-state index contributed by atoms with van der Waals surface area (Å²) in [6, 6.07) is 4.25. The number of rotatable bonds is 6. The van der Waals surface area contributed by atoms with Gasteiger partial charge in [0.15, 0.2) is 0 Å². The third-order valence-electron chi connectivity index (χ3n) is 3.71. The smallest absolute Gasteiger partial charge is 0.254 e. The number of anilines is 1. The van der Waals surface area contributed by atoms with Crippen LogP contribution in [0.1, 0.15) is 36.5 Å². The number of hydrogen-bond acceptors (Lipinski definition) is 3. The number of nitrogens with one attached hydrogen (secondary N) is 1. The van der Waals surface area contributed by atoms with Crippen LogP contribution < -0.4 is 10.2 Å². The summed E-state index contributed by atoms with van der Waals surface area (Å²) in [5, 5.41) is 2.81. The summed E-state index contributed by atoms with van der Waals surface area (Å²) < 4.78 is 13.9. The molecule has 1 aliphatic rings. The number of hydrogen-bond donors (Lipinski definition) is 1. The molecule has 0 unspecified atom stereocenters. The van der Waals surface area contributed by atoms with Crippen LogP contribution in [0.2, 0.25) is 0 Å². The van der Waals surface area contributed by atoms with Gasteiger partial charge < -0.3 is 10.2 Å². The van der Waals surface area contributed by atoms with Crippen molar-refractivity contribution in [1.82, 2.24) is 5.32 Å². The van der Waals surface area contributed by atoms with Gasteiger partial charge in [0.05, 0.1) is 5.56 Å². The van der Waals surface area contributed by atoms with E-state index in [9.17, 15) is 14.0 Å². The van der Waals surface area contributed by atoms with Crippen molar-refractivity contribution >= 4 is 29.3 Å². The fourth-order valence-corrected chi connectivity index (χ4v) is 3.03. The minimum absolute atomic E-state index is 0.00629. The maximum absolute atomic E-state index is 13.9. The summed E-state index contributed by atoms with van der Waals surface area (Å²) in [6.45, 7) is 2.52. The Bertz CT molecular complexity index is 565. The number of thioether (sulfide) groups is 1. The molecule has 0 aromatic heterocycles. The lowest BCUT2D eigenvalue weighted by molar-refractivity contribution is -0.117. The van der Waals surface area contributed by atoms with Crippen molar-refractivity contribution < 1.29 is 14.0 Å². The summed E-state index contributed by atoms with van der Waals surface area (Å²) in [5.41, 5.74) is 0.582. The van der Waals surface area contributed by atoms with E-state index in [-0.39, 0.29) is 17.5 Å². The van der Waals surface area contributed by atoms with E-state index in [1.807, 2.05) is 13.2 Å². The number of halogens is 1. The Morgan fingerprint density at radius 2 is 2.27 bits per heavy atom. The van der Waals surface area contributed by atoms with E-state index in [4.69, 9.17) is 0 Å². The zero-order valence-electron chi connectivity index (χ0n) is 12.9. The highest BCUT2D eigenvalue weighted by Gasteiger charge is 2.23. The molecule has 1 aromatic carbocycles. The molecule has 0 bridgehead atoms. The molecule has 0 radical (unpaired) electrons. The van der Waals surface area contributed by atoms with Crippen LogP contribution in [0.25, 0.3) is 0 Å². The molecular formula is C16H21FN2O2S. The largest absolute Gasteiger partial charge is 0.349 e. The van der Waals surface area contributed by atoms with Crippen LogP contribution in [0.5, 0.6) is 0 Å². The van der Waals surface area contributed by atoms with Gasteiger partial charge in [0.2, 0.25) is 5.91 Å². The summed E-state index contributed by atoms with van der Waals surface area (Å²) in [6.07, 6.45) is 4.14. The molecule has 1 heterocycles. The lowest BCUT2D eigenvalue weighted by Gasteiger charge is -2.18. The van der Waals surface area contributed by atoms with Gasteiger partial charge in [-0.2, -0.15) is 11.8 Å². The van der Waals surface area contributed by atoms with Gasteiger partial charge in [0, 0.05) is 24.7 Å². The van der Waals surface area contributed by atoms with E-state index in [0.717, 1.165) is 18.6 Å². The molecule has 22 heavy (non-hydrogen) atoms. The molecular weight excluding hydrogens is 303 g/mol. The van der Waals surface area contributed by atoms with Crippen LogP contribution in [0.3, 0.4) is 0 Å². The zero-order valence-corrected chi connectivity index (χ0v) is 13.7. The average Bonchev–Trinajstić information content (AvgIpc) is 2.91. The highest BCUT2D eigenvalue weighted by Crippen LogP contribution is 2.24. The predicted octanol–water partition coefficient (Wildman–Crippen LogP) is 2.82. The molecule has 0 spiro atoms. The van der Waals surface area contributed by atoms with Crippen LogP contribution in [-0.2, 0) is 4.79 Å². The molecule has 120 valence electrons. The SMILES string of the molecule is CSCC[C@@H](C)NC(=O)c1cc(N2CCCC2=O)ccc1F. The van der Waals surface area contributed by atoms with Crippen molar-refractivity contribution in [3.05, 3.63) is 29.6 Å². The van der Waals surface area contributed by atoms with E-state index >= 15 is 0 Å². The minimum Gasteiger partial charge on any atom is -0.349 e. The van der Waals surface area contributed by atoms with E-state index in [2.05, 4.69) is 5.32 Å². The second-order valence-electron chi connectivity index (χ2n) is 5.47. The molecule has 2 amide bonds. The molecule has 2 rings (SSSR count). The maximum Gasteiger partial charge on any atom is 0.254 e. The van der Waals surface area contributed by atoms with Crippen LogP contribution in [-0.4, -0.2) is 36.4 Å². The Hall–Kier alpha value is -1.56. The van der Waals surface area contributed by atoms with Gasteiger partial charge in [-0.15, -0.1) is 0 Å². The van der Waals surface area contributed by atoms with Gasteiger partial charge >= 0.3 is 0 Å². The third-order valence-corrected chi connectivity index (χ3v) is 4.36. The quantitative estimate of drug-likeness (QED) is 0.875. The van der Waals surface area contributed by atoms with Gasteiger partial charge in [0.25, 0.3) is 5.91 Å². The molecule has 1 saturated heterocycles. The number of nitrogens with zero attached hydrogens (tertiary/aromatic N) is 1. The fraction of sp³-hybridized carbons (Fsp3) is 0.500. The lowest BCUT2D eigenvalue weighted by atomic mass is 10.1. The van der Waals surface area contributed by atoms with E-state index in [1.54, 1.807) is 22.7 Å². The van der Waals surface area contributed by atoms with Crippen LogP contribution in [0.4, 0.5) is 10.1 Å². The number of benzene rings is 1. The average molecular weight is 324 g/mol. The van der Waals surface area contributed by atoms with E-state index in [1.165, 1.54) is 12.1 Å². The van der Waals surface area contributed by atoms with Crippen molar-refractivity contribution in [2.45, 2.75) is 32.2 Å². The number of carbonyl (C=O) groups excluding carboxylic acids is 2. The Balaban J connectivity index is 2.12. The van der Waals surface area contributed by atoms with Crippen molar-refractivity contribution in [1.29, 1.82) is 0 Å². The Kier molecular flexibility index (Phi) is 5.83. The molecule has 1 aliphatic heterocycles. The van der Waals surface area contributed by atoms with Crippen LogP contribution in [0.15, 0.2) is 18.2 Å². The summed E-state index contributed by atoms with van der Waals surface area (Å²) >= 11 is 1.71. The summed E-state index contributed by atoms with van der Waals surface area (Å²) in [4.78, 5) is 25.6. The van der Waals surface area contributed by atoms with Crippen molar-refractivity contribution in [2.24, 2.45) is 0 Å². The predicted molar refractivity (Wildman–Crippen MR) is 87.9 cm³/mol. The van der Waals surface area contributed by atoms with Gasteiger partial charge in [-0.25, -0.2) is 4.39 Å². The molecule has 4 nitrogen and oxygen atoms in total. The van der Waals surface area contributed by atoms with Gasteiger partial charge in [-0.3, -0.25) is 9.59 Å². The number of amides is 2. The van der Waals surface area contributed by atoms with Crippen LogP contribution >= 0.6 is 11.8 Å². The molecule has 0 saturated carbocycles. The third kappa shape index (κ3) is 4.00. The Morgan fingerprint density at radius 3 is 2.91 bits per heavy atom. The van der Waals surface area contributed by atoms with Crippen molar-refractivity contribution in [3.63, 3.8) is 0 Å². The fourth-order valence-electron chi connectivity index (χ4n) is 2.44. The maximum atomic E-state index is 13.9. The Labute approximate surface area is 134 Å². The second-order valence-corrected chi connectivity index (χ2v) is 6.45. The molecule has 1 fully saturated rings. The van der Waals surface area contributed by atoms with E-state index < -0.39 is 11.7 Å². The first-order valence-electron chi connectivity index (χ1n) is 7.42. The first-order chi connectivity index (χ1) is 10.5. The first kappa shape index (κ1) is 16.8. The van der Waals surface area contributed by atoms with E-state index in [0.29, 0.717) is 18.7 Å². The monoisotopic (exact) mass is 324 g/mol. The normalized spacial score (nSPS) is 16.0. The van der Waals surface area contributed by atoms with Crippen molar-refractivity contribution in [3.8, 4) is 0 Å². The summed E-state index contributed by atoms with van der Waals surface area (Å²) in [5.74, 6) is -0.0393. The second kappa shape index (κ2) is 7.63. The topological polar surface area (TPSA) is 49.4 Å². The number of carbonyl (C=O) groups is 2. The standard InChI is InChI=1S/C16H21FN2O2S/c1-11(7-9-22-2)18-16(21)13-10-12(5-6-14(13)17)19-8-3-4-15(19)20/h5-6,10-11H,3-4,7-9H2,1-2H3,(H,18,21)/t11-/m1/s1. The first-order valence-corrected chi connectivity index (χ1v) is 8.82. The molecule has 6 heteroatoms. The molecule has 1 N–H and O–H groups in total. The lowest BCUT2D eigenvalue weighted by Crippen LogP contribution is -2.33. The highest BCUT2D eigenvalue weighted by molar-refractivity contribution is 7.98.